The first-order valence-electron chi connectivity index (χ1n) is 11.3. The largest absolute Gasteiger partial charge is 0.495 e. The van der Waals surface area contributed by atoms with Crippen LogP contribution < -0.4 is 0 Å². The molecule has 0 spiro atoms. The molecule has 5 rings (SSSR count). The van der Waals surface area contributed by atoms with Crippen LogP contribution in [0, 0.1) is 41.4 Å². The quantitative estimate of drug-likeness (QED) is 0.665. The fourth-order valence-electron chi connectivity index (χ4n) is 7.50. The maximum atomic E-state index is 11.1. The molecule has 3 saturated carbocycles. The van der Waals surface area contributed by atoms with Crippen molar-refractivity contribution >= 4 is 0 Å². The normalized spacial score (nSPS) is 46.6. The van der Waals surface area contributed by atoms with Crippen molar-refractivity contribution in [3.63, 3.8) is 0 Å². The predicted octanol–water partition coefficient (Wildman–Crippen LogP) is 5.38. The molecule has 5 aliphatic carbocycles. The van der Waals surface area contributed by atoms with Gasteiger partial charge < -0.3 is 9.84 Å². The molecule has 6 atom stereocenters. The van der Waals surface area contributed by atoms with Gasteiger partial charge in [-0.1, -0.05) is 18.9 Å². The highest BCUT2D eigenvalue weighted by Gasteiger charge is 2.61. The van der Waals surface area contributed by atoms with Gasteiger partial charge in [0.15, 0.2) is 0 Å². The van der Waals surface area contributed by atoms with Crippen molar-refractivity contribution in [2.24, 2.45) is 29.1 Å². The lowest BCUT2D eigenvalue weighted by molar-refractivity contribution is -0.0805. The van der Waals surface area contributed by atoms with E-state index in [0.717, 1.165) is 38.0 Å². The molecular formula is C25H34O2. The van der Waals surface area contributed by atoms with Crippen molar-refractivity contribution < 1.29 is 9.84 Å². The first-order chi connectivity index (χ1) is 13.0. The van der Waals surface area contributed by atoms with Crippen LogP contribution in [0.15, 0.2) is 23.5 Å². The van der Waals surface area contributed by atoms with E-state index in [-0.39, 0.29) is 5.41 Å². The van der Waals surface area contributed by atoms with Crippen molar-refractivity contribution in [3.05, 3.63) is 23.5 Å². The topological polar surface area (TPSA) is 29.5 Å². The molecule has 0 amide bonds. The van der Waals surface area contributed by atoms with Crippen molar-refractivity contribution in [3.8, 4) is 12.3 Å². The number of ether oxygens (including phenoxy) is 1. The maximum Gasteiger partial charge on any atom is 0.130 e. The smallest absolute Gasteiger partial charge is 0.130 e. The first-order valence-corrected chi connectivity index (χ1v) is 11.3. The molecule has 0 bridgehead atoms. The van der Waals surface area contributed by atoms with Crippen LogP contribution >= 0.6 is 0 Å². The Hall–Kier alpha value is -1.20. The molecule has 0 radical (unpaired) electrons. The van der Waals surface area contributed by atoms with Crippen LogP contribution in [0.5, 0.6) is 0 Å². The van der Waals surface area contributed by atoms with Gasteiger partial charge in [-0.15, -0.1) is 6.42 Å². The van der Waals surface area contributed by atoms with E-state index in [1.807, 2.05) is 0 Å². The lowest BCUT2D eigenvalue weighted by Crippen LogP contribution is -2.51. The van der Waals surface area contributed by atoms with Crippen molar-refractivity contribution in [1.29, 1.82) is 0 Å². The molecule has 2 heteroatoms. The van der Waals surface area contributed by atoms with Crippen LogP contribution in [0.2, 0.25) is 0 Å². The summed E-state index contributed by atoms with van der Waals surface area (Å²) in [6, 6.07) is 0. The summed E-state index contributed by atoms with van der Waals surface area (Å²) in [7, 11) is 0. The molecule has 3 fully saturated rings. The standard InChI is InChI=1S/C25H34O2/c1-3-25(26)15-13-23-22-10-8-17-16-19(27-18-6-4-5-7-18)9-11-20(17)21(22)12-14-24(23,25)2/h1,8,16,18,20-23,26H,4-7,9-15H2,2H3/t20-,21+,22+,23-,24-,25+/m0/s1. The van der Waals surface area contributed by atoms with E-state index in [9.17, 15) is 5.11 Å². The van der Waals surface area contributed by atoms with E-state index >= 15 is 0 Å². The lowest BCUT2D eigenvalue weighted by Gasteiger charge is -2.53. The van der Waals surface area contributed by atoms with Crippen LogP contribution in [-0.2, 0) is 4.74 Å². The van der Waals surface area contributed by atoms with Crippen LogP contribution in [0.1, 0.15) is 77.6 Å². The number of hydrogen-bond acceptors (Lipinski definition) is 2. The zero-order valence-electron chi connectivity index (χ0n) is 16.8. The Bertz CT molecular complexity index is 706. The number of allylic oxidation sites excluding steroid dienone is 4. The molecule has 0 aromatic rings. The highest BCUT2D eigenvalue weighted by Crippen LogP contribution is 2.64. The third-order valence-electron chi connectivity index (χ3n) is 9.10. The summed E-state index contributed by atoms with van der Waals surface area (Å²) in [5, 5.41) is 11.1. The molecule has 27 heavy (non-hydrogen) atoms. The van der Waals surface area contributed by atoms with Crippen molar-refractivity contribution in [2.45, 2.75) is 89.3 Å². The number of terminal acetylenes is 1. The minimum atomic E-state index is -0.888. The molecule has 0 aliphatic heterocycles. The van der Waals surface area contributed by atoms with Gasteiger partial charge in [-0.3, -0.25) is 0 Å². The van der Waals surface area contributed by atoms with Crippen molar-refractivity contribution in [2.75, 3.05) is 0 Å². The van der Waals surface area contributed by atoms with Gasteiger partial charge in [-0.25, -0.2) is 0 Å². The second kappa shape index (κ2) is 6.41. The number of aliphatic hydroxyl groups is 1. The Balaban J connectivity index is 1.36. The molecule has 0 aromatic carbocycles. The SMILES string of the molecule is C#C[C@@]1(O)CC[C@H]2[C@@H]3CC=C4C=C(OC5CCCC5)CC[C@@H]4[C@H]3CC[C@@]21C. The van der Waals surface area contributed by atoms with E-state index in [0.29, 0.717) is 23.9 Å². The summed E-state index contributed by atoms with van der Waals surface area (Å²) in [4.78, 5) is 0. The van der Waals surface area contributed by atoms with Crippen LogP contribution in [0.25, 0.3) is 0 Å². The third-order valence-corrected chi connectivity index (χ3v) is 9.10. The molecule has 0 saturated heterocycles. The maximum absolute atomic E-state index is 11.1. The van der Waals surface area contributed by atoms with Gasteiger partial charge in [0.25, 0.3) is 0 Å². The lowest BCUT2D eigenvalue weighted by atomic mass is 9.51. The summed E-state index contributed by atoms with van der Waals surface area (Å²) < 4.78 is 6.33. The molecule has 2 nitrogen and oxygen atoms in total. The van der Waals surface area contributed by atoms with Crippen LogP contribution in [0.3, 0.4) is 0 Å². The van der Waals surface area contributed by atoms with Gasteiger partial charge in [-0.05, 0) is 99.5 Å². The zero-order chi connectivity index (χ0) is 18.6. The Kier molecular flexibility index (Phi) is 4.24. The Morgan fingerprint density at radius 3 is 2.70 bits per heavy atom. The van der Waals surface area contributed by atoms with E-state index in [4.69, 9.17) is 11.2 Å². The number of rotatable bonds is 2. The Morgan fingerprint density at radius 2 is 1.93 bits per heavy atom. The van der Waals surface area contributed by atoms with Crippen LogP contribution in [0.4, 0.5) is 0 Å². The second-order valence-corrected chi connectivity index (χ2v) is 10.2. The van der Waals surface area contributed by atoms with Gasteiger partial charge in [0.1, 0.15) is 5.60 Å². The third kappa shape index (κ3) is 2.65. The van der Waals surface area contributed by atoms with Gasteiger partial charge in [-0.2, -0.15) is 0 Å². The highest BCUT2D eigenvalue weighted by molar-refractivity contribution is 5.32. The fraction of sp³-hybridized carbons (Fsp3) is 0.760. The molecule has 0 aromatic heterocycles. The van der Waals surface area contributed by atoms with E-state index in [2.05, 4.69) is 25.0 Å². The minimum absolute atomic E-state index is 0.0878. The second-order valence-electron chi connectivity index (χ2n) is 10.2. The summed E-state index contributed by atoms with van der Waals surface area (Å²) in [5.41, 5.74) is 0.570. The molecule has 1 N–H and O–H groups in total. The number of fused-ring (bicyclic) bond motifs is 5. The Labute approximate surface area is 164 Å². The van der Waals surface area contributed by atoms with E-state index in [1.165, 1.54) is 44.3 Å². The molecule has 5 aliphatic rings. The minimum Gasteiger partial charge on any atom is -0.495 e. The fourth-order valence-corrected chi connectivity index (χ4v) is 7.50. The molecule has 146 valence electrons. The first kappa shape index (κ1) is 17.9. The summed E-state index contributed by atoms with van der Waals surface area (Å²) in [6.45, 7) is 2.27. The molecule has 0 heterocycles. The van der Waals surface area contributed by atoms with Gasteiger partial charge in [0, 0.05) is 11.8 Å². The summed E-state index contributed by atoms with van der Waals surface area (Å²) in [5.74, 6) is 6.77. The number of hydrogen-bond donors (Lipinski definition) is 1. The van der Waals surface area contributed by atoms with E-state index in [1.54, 1.807) is 5.57 Å². The summed E-state index contributed by atoms with van der Waals surface area (Å²) >= 11 is 0. The van der Waals surface area contributed by atoms with E-state index < -0.39 is 5.60 Å². The van der Waals surface area contributed by atoms with Gasteiger partial charge >= 0.3 is 0 Å². The average Bonchev–Trinajstić information content (AvgIpc) is 3.28. The molecule has 0 unspecified atom stereocenters. The Morgan fingerprint density at radius 1 is 1.11 bits per heavy atom. The predicted molar refractivity (Wildman–Crippen MR) is 108 cm³/mol. The average molecular weight is 367 g/mol. The van der Waals surface area contributed by atoms with Crippen LogP contribution in [-0.4, -0.2) is 16.8 Å². The zero-order valence-corrected chi connectivity index (χ0v) is 16.8. The van der Waals surface area contributed by atoms with Gasteiger partial charge in [0.2, 0.25) is 0 Å². The van der Waals surface area contributed by atoms with Gasteiger partial charge in [0.05, 0.1) is 11.9 Å². The highest BCUT2D eigenvalue weighted by atomic mass is 16.5. The summed E-state index contributed by atoms with van der Waals surface area (Å²) in [6.07, 6.45) is 24.0. The molecular weight excluding hydrogens is 332 g/mol. The monoisotopic (exact) mass is 366 g/mol. The van der Waals surface area contributed by atoms with Crippen molar-refractivity contribution in [1.82, 2.24) is 0 Å².